The lowest BCUT2D eigenvalue weighted by Crippen LogP contribution is -2.14. The average Bonchev–Trinajstić information content (AvgIpc) is 2.18. The molecule has 0 bridgehead atoms. The lowest BCUT2D eigenvalue weighted by Gasteiger charge is -2.15. The highest BCUT2D eigenvalue weighted by Crippen LogP contribution is 2.20. The highest BCUT2D eigenvalue weighted by molar-refractivity contribution is 9.10. The van der Waals surface area contributed by atoms with Crippen molar-refractivity contribution in [2.24, 2.45) is 5.92 Å². The van der Waals surface area contributed by atoms with Gasteiger partial charge in [0.25, 0.3) is 0 Å². The second-order valence-electron chi connectivity index (χ2n) is 3.79. The van der Waals surface area contributed by atoms with Crippen LogP contribution in [0.15, 0.2) is 28.7 Å². The molecule has 1 unspecified atom stereocenters. The molecule has 1 atom stereocenters. The molecule has 0 saturated heterocycles. The van der Waals surface area contributed by atoms with Crippen LogP contribution in [0.3, 0.4) is 0 Å². The Kier molecular flexibility index (Phi) is 4.33. The van der Waals surface area contributed by atoms with Crippen LogP contribution in [0.1, 0.15) is 32.4 Å². The standard InChI is InChI=1S/C12H15BrO2/c1-8(2)12(14)15-9(3)10-4-6-11(13)7-5-10/h4-9H,1-3H3. The van der Waals surface area contributed by atoms with Crippen molar-refractivity contribution in [1.29, 1.82) is 0 Å². The predicted molar refractivity (Wildman–Crippen MR) is 63.5 cm³/mol. The van der Waals surface area contributed by atoms with Gasteiger partial charge in [0.05, 0.1) is 5.92 Å². The van der Waals surface area contributed by atoms with Crippen LogP contribution in [-0.4, -0.2) is 5.97 Å². The largest absolute Gasteiger partial charge is 0.458 e. The van der Waals surface area contributed by atoms with Crippen molar-refractivity contribution in [1.82, 2.24) is 0 Å². The van der Waals surface area contributed by atoms with Gasteiger partial charge in [-0.25, -0.2) is 0 Å². The van der Waals surface area contributed by atoms with Gasteiger partial charge in [-0.05, 0) is 24.6 Å². The first-order valence-electron chi connectivity index (χ1n) is 4.96. The number of ether oxygens (including phenoxy) is 1. The van der Waals surface area contributed by atoms with Crippen LogP contribution in [-0.2, 0) is 9.53 Å². The number of esters is 1. The van der Waals surface area contributed by atoms with Gasteiger partial charge < -0.3 is 4.74 Å². The highest BCUT2D eigenvalue weighted by Gasteiger charge is 2.14. The Morgan fingerprint density at radius 3 is 2.20 bits per heavy atom. The first-order chi connectivity index (χ1) is 7.00. The molecule has 82 valence electrons. The molecule has 1 aromatic rings. The van der Waals surface area contributed by atoms with Crippen molar-refractivity contribution in [3.05, 3.63) is 34.3 Å². The predicted octanol–water partition coefficient (Wildman–Crippen LogP) is 3.71. The SMILES string of the molecule is CC(C)C(=O)OC(C)c1ccc(Br)cc1. The summed E-state index contributed by atoms with van der Waals surface area (Å²) in [6, 6.07) is 7.77. The fraction of sp³-hybridized carbons (Fsp3) is 0.417. The maximum absolute atomic E-state index is 11.4. The van der Waals surface area contributed by atoms with E-state index < -0.39 is 0 Å². The van der Waals surface area contributed by atoms with Crippen LogP contribution >= 0.6 is 15.9 Å². The van der Waals surface area contributed by atoms with Gasteiger partial charge in [-0.15, -0.1) is 0 Å². The number of carbonyl (C=O) groups excluding carboxylic acids is 1. The average molecular weight is 271 g/mol. The summed E-state index contributed by atoms with van der Waals surface area (Å²) in [4.78, 5) is 11.4. The summed E-state index contributed by atoms with van der Waals surface area (Å²) in [6.45, 7) is 5.54. The third-order valence-electron chi connectivity index (χ3n) is 2.10. The van der Waals surface area contributed by atoms with E-state index in [2.05, 4.69) is 15.9 Å². The Balaban J connectivity index is 2.65. The Bertz CT molecular complexity index is 330. The van der Waals surface area contributed by atoms with Crippen molar-refractivity contribution >= 4 is 21.9 Å². The van der Waals surface area contributed by atoms with E-state index in [4.69, 9.17) is 4.74 Å². The minimum Gasteiger partial charge on any atom is -0.458 e. The molecule has 1 aromatic carbocycles. The summed E-state index contributed by atoms with van der Waals surface area (Å²) in [5.74, 6) is -0.242. The van der Waals surface area contributed by atoms with Crippen molar-refractivity contribution < 1.29 is 9.53 Å². The third kappa shape index (κ3) is 3.67. The van der Waals surface area contributed by atoms with E-state index in [1.54, 1.807) is 0 Å². The van der Waals surface area contributed by atoms with E-state index in [-0.39, 0.29) is 18.0 Å². The second kappa shape index (κ2) is 5.31. The number of hydrogen-bond donors (Lipinski definition) is 0. The highest BCUT2D eigenvalue weighted by atomic mass is 79.9. The molecule has 0 aromatic heterocycles. The molecule has 0 N–H and O–H groups in total. The molecule has 0 heterocycles. The zero-order chi connectivity index (χ0) is 11.4. The maximum atomic E-state index is 11.4. The molecule has 0 spiro atoms. The van der Waals surface area contributed by atoms with E-state index in [1.165, 1.54) is 0 Å². The molecular formula is C12H15BrO2. The van der Waals surface area contributed by atoms with Crippen molar-refractivity contribution in [2.45, 2.75) is 26.9 Å². The van der Waals surface area contributed by atoms with E-state index in [9.17, 15) is 4.79 Å². The van der Waals surface area contributed by atoms with Crippen LogP contribution in [0.2, 0.25) is 0 Å². The summed E-state index contributed by atoms with van der Waals surface area (Å²) in [7, 11) is 0. The monoisotopic (exact) mass is 270 g/mol. The fourth-order valence-electron chi connectivity index (χ4n) is 1.11. The van der Waals surface area contributed by atoms with Crippen LogP contribution in [0.25, 0.3) is 0 Å². The summed E-state index contributed by atoms with van der Waals surface area (Å²) in [5.41, 5.74) is 1.01. The number of rotatable bonds is 3. The molecule has 0 radical (unpaired) electrons. The summed E-state index contributed by atoms with van der Waals surface area (Å²) >= 11 is 3.36. The van der Waals surface area contributed by atoms with Gasteiger partial charge in [0.2, 0.25) is 0 Å². The van der Waals surface area contributed by atoms with Crippen molar-refractivity contribution in [2.75, 3.05) is 0 Å². The first-order valence-corrected chi connectivity index (χ1v) is 5.76. The molecule has 0 aliphatic carbocycles. The summed E-state index contributed by atoms with van der Waals surface area (Å²) in [5, 5.41) is 0. The van der Waals surface area contributed by atoms with Gasteiger partial charge >= 0.3 is 5.97 Å². The molecule has 15 heavy (non-hydrogen) atoms. The molecule has 2 nitrogen and oxygen atoms in total. The van der Waals surface area contributed by atoms with E-state index in [0.29, 0.717) is 0 Å². The third-order valence-corrected chi connectivity index (χ3v) is 2.63. The van der Waals surface area contributed by atoms with E-state index >= 15 is 0 Å². The second-order valence-corrected chi connectivity index (χ2v) is 4.70. The molecule has 0 fully saturated rings. The van der Waals surface area contributed by atoms with Gasteiger partial charge in [0.1, 0.15) is 6.10 Å². The smallest absolute Gasteiger partial charge is 0.308 e. The number of carbonyl (C=O) groups is 1. The molecule has 0 aliphatic heterocycles. The maximum Gasteiger partial charge on any atom is 0.308 e. The van der Waals surface area contributed by atoms with Gasteiger partial charge in [-0.2, -0.15) is 0 Å². The number of hydrogen-bond acceptors (Lipinski definition) is 2. The van der Waals surface area contributed by atoms with E-state index in [0.717, 1.165) is 10.0 Å². The lowest BCUT2D eigenvalue weighted by molar-refractivity contribution is -0.152. The fourth-order valence-corrected chi connectivity index (χ4v) is 1.38. The molecule has 1 rings (SSSR count). The molecular weight excluding hydrogens is 256 g/mol. The van der Waals surface area contributed by atoms with Gasteiger partial charge in [-0.1, -0.05) is 41.9 Å². The zero-order valence-electron chi connectivity index (χ0n) is 9.16. The Morgan fingerprint density at radius 1 is 1.20 bits per heavy atom. The summed E-state index contributed by atoms with van der Waals surface area (Å²) < 4.78 is 6.31. The van der Waals surface area contributed by atoms with Gasteiger partial charge in [-0.3, -0.25) is 4.79 Å². The van der Waals surface area contributed by atoms with Crippen LogP contribution < -0.4 is 0 Å². The van der Waals surface area contributed by atoms with Crippen molar-refractivity contribution in [3.8, 4) is 0 Å². The van der Waals surface area contributed by atoms with Gasteiger partial charge in [0, 0.05) is 4.47 Å². The van der Waals surface area contributed by atoms with E-state index in [1.807, 2.05) is 45.0 Å². The lowest BCUT2D eigenvalue weighted by atomic mass is 10.1. The number of benzene rings is 1. The Morgan fingerprint density at radius 2 is 1.73 bits per heavy atom. The Hall–Kier alpha value is -0.830. The quantitative estimate of drug-likeness (QED) is 0.783. The van der Waals surface area contributed by atoms with Crippen LogP contribution in [0.5, 0.6) is 0 Å². The number of halogens is 1. The van der Waals surface area contributed by atoms with Crippen LogP contribution in [0.4, 0.5) is 0 Å². The molecule has 3 heteroatoms. The topological polar surface area (TPSA) is 26.3 Å². The minimum absolute atomic E-state index is 0.0806. The van der Waals surface area contributed by atoms with Crippen molar-refractivity contribution in [3.63, 3.8) is 0 Å². The Labute approximate surface area is 98.8 Å². The molecule has 0 saturated carbocycles. The van der Waals surface area contributed by atoms with Crippen LogP contribution in [0, 0.1) is 5.92 Å². The summed E-state index contributed by atoms with van der Waals surface area (Å²) in [6.07, 6.45) is -0.187. The molecule has 0 amide bonds. The first kappa shape index (κ1) is 12.2. The normalized spacial score (nSPS) is 12.6. The minimum atomic E-state index is -0.187. The van der Waals surface area contributed by atoms with Gasteiger partial charge in [0.15, 0.2) is 0 Å². The zero-order valence-corrected chi connectivity index (χ0v) is 10.7. The molecule has 0 aliphatic rings.